The van der Waals surface area contributed by atoms with E-state index < -0.39 is 5.82 Å². The van der Waals surface area contributed by atoms with Gasteiger partial charge in [-0.2, -0.15) is 0 Å². The summed E-state index contributed by atoms with van der Waals surface area (Å²) in [6, 6.07) is 11.8. The van der Waals surface area contributed by atoms with Gasteiger partial charge in [0, 0.05) is 12.6 Å². The molecule has 0 heterocycles. The molecule has 0 aliphatic rings. The number of rotatable bonds is 7. The fourth-order valence-electron chi connectivity index (χ4n) is 2.25. The van der Waals surface area contributed by atoms with Gasteiger partial charge in [0.05, 0.1) is 7.11 Å². The average Bonchev–Trinajstić information content (AvgIpc) is 2.64. The number of benzene rings is 2. The van der Waals surface area contributed by atoms with Crippen LogP contribution in [0.2, 0.25) is 0 Å². The van der Waals surface area contributed by atoms with Crippen molar-refractivity contribution in [1.29, 1.82) is 0 Å². The van der Waals surface area contributed by atoms with E-state index in [1.807, 2.05) is 24.3 Å². The second-order valence-corrected chi connectivity index (χ2v) is 4.95. The van der Waals surface area contributed by atoms with Gasteiger partial charge in [0.2, 0.25) is 0 Å². The van der Waals surface area contributed by atoms with Crippen molar-refractivity contribution in [3.8, 4) is 11.5 Å². The van der Waals surface area contributed by atoms with E-state index in [4.69, 9.17) is 20.0 Å². The molecule has 0 unspecified atom stereocenters. The van der Waals surface area contributed by atoms with Crippen LogP contribution in [-0.4, -0.2) is 32.8 Å². The molecule has 7 heteroatoms. The SMILES string of the molecule is CN=C(N)C(=NOC)c1ccccc1COc1c(F)cccc1OC. The maximum atomic E-state index is 14.0. The Hall–Kier alpha value is -3.09. The maximum absolute atomic E-state index is 14.0. The van der Waals surface area contributed by atoms with E-state index in [0.717, 1.165) is 5.56 Å². The summed E-state index contributed by atoms with van der Waals surface area (Å²) in [6.07, 6.45) is 0. The number of amidine groups is 1. The van der Waals surface area contributed by atoms with Gasteiger partial charge in [0.15, 0.2) is 23.0 Å². The fraction of sp³-hybridized carbons (Fsp3) is 0.222. The lowest BCUT2D eigenvalue weighted by Gasteiger charge is -2.14. The monoisotopic (exact) mass is 345 g/mol. The summed E-state index contributed by atoms with van der Waals surface area (Å²) >= 11 is 0. The van der Waals surface area contributed by atoms with Gasteiger partial charge in [0.1, 0.15) is 19.6 Å². The van der Waals surface area contributed by atoms with Crippen LogP contribution in [0, 0.1) is 5.82 Å². The van der Waals surface area contributed by atoms with Crippen LogP contribution in [0.5, 0.6) is 11.5 Å². The van der Waals surface area contributed by atoms with Crippen molar-refractivity contribution in [1.82, 2.24) is 0 Å². The second-order valence-electron chi connectivity index (χ2n) is 4.95. The molecule has 0 bridgehead atoms. The molecule has 0 spiro atoms. The van der Waals surface area contributed by atoms with Gasteiger partial charge < -0.3 is 20.0 Å². The van der Waals surface area contributed by atoms with E-state index in [0.29, 0.717) is 17.0 Å². The topological polar surface area (TPSA) is 78.4 Å². The molecule has 0 fully saturated rings. The Labute approximate surface area is 145 Å². The first-order chi connectivity index (χ1) is 12.1. The van der Waals surface area contributed by atoms with Crippen LogP contribution in [0.15, 0.2) is 52.6 Å². The Kier molecular flexibility index (Phi) is 6.33. The number of nitrogens with two attached hydrogens (primary N) is 1. The zero-order chi connectivity index (χ0) is 18.2. The van der Waals surface area contributed by atoms with Gasteiger partial charge in [-0.05, 0) is 17.7 Å². The first-order valence-electron chi connectivity index (χ1n) is 7.49. The van der Waals surface area contributed by atoms with E-state index in [9.17, 15) is 4.39 Å². The fourth-order valence-corrected chi connectivity index (χ4v) is 2.25. The summed E-state index contributed by atoms with van der Waals surface area (Å²) < 4.78 is 24.8. The molecular weight excluding hydrogens is 325 g/mol. The molecular formula is C18H20FN3O3. The lowest BCUT2D eigenvalue weighted by Crippen LogP contribution is -2.26. The average molecular weight is 345 g/mol. The minimum absolute atomic E-state index is 0.0437. The lowest BCUT2D eigenvalue weighted by molar-refractivity contribution is 0.214. The van der Waals surface area contributed by atoms with E-state index in [1.165, 1.54) is 20.3 Å². The van der Waals surface area contributed by atoms with E-state index >= 15 is 0 Å². The van der Waals surface area contributed by atoms with Crippen molar-refractivity contribution in [2.45, 2.75) is 6.61 Å². The molecule has 6 nitrogen and oxygen atoms in total. The smallest absolute Gasteiger partial charge is 0.197 e. The van der Waals surface area contributed by atoms with Crippen molar-refractivity contribution >= 4 is 11.5 Å². The van der Waals surface area contributed by atoms with Crippen molar-refractivity contribution in [3.63, 3.8) is 0 Å². The molecule has 2 aromatic carbocycles. The largest absolute Gasteiger partial charge is 0.493 e. The normalized spacial score (nSPS) is 12.0. The highest BCUT2D eigenvalue weighted by molar-refractivity contribution is 6.47. The Balaban J connectivity index is 2.35. The minimum Gasteiger partial charge on any atom is -0.493 e. The third kappa shape index (κ3) is 4.26. The molecule has 0 aliphatic heterocycles. The van der Waals surface area contributed by atoms with E-state index in [1.54, 1.807) is 19.2 Å². The minimum atomic E-state index is -0.503. The molecule has 2 aromatic rings. The number of ether oxygens (including phenoxy) is 2. The van der Waals surface area contributed by atoms with Crippen molar-refractivity contribution in [2.75, 3.05) is 21.3 Å². The third-order valence-corrected chi connectivity index (χ3v) is 3.46. The van der Waals surface area contributed by atoms with Crippen molar-refractivity contribution in [3.05, 3.63) is 59.4 Å². The number of oxime groups is 1. The molecule has 0 atom stereocenters. The Morgan fingerprint density at radius 3 is 2.56 bits per heavy atom. The first kappa shape index (κ1) is 18.3. The van der Waals surface area contributed by atoms with Gasteiger partial charge in [-0.3, -0.25) is 4.99 Å². The Bertz CT molecular complexity index is 791. The summed E-state index contributed by atoms with van der Waals surface area (Å²) in [5.41, 5.74) is 7.71. The zero-order valence-electron chi connectivity index (χ0n) is 14.3. The van der Waals surface area contributed by atoms with Crippen molar-refractivity contribution < 1.29 is 18.7 Å². The van der Waals surface area contributed by atoms with E-state index in [-0.39, 0.29) is 18.2 Å². The number of halogens is 1. The Morgan fingerprint density at radius 1 is 1.12 bits per heavy atom. The van der Waals surface area contributed by atoms with Gasteiger partial charge in [-0.15, -0.1) is 0 Å². The standard InChI is InChI=1S/C18H20FN3O3/c1-21-18(20)16(22-24-3)13-8-5-4-7-12(13)11-25-17-14(19)9-6-10-15(17)23-2/h4-10H,11H2,1-3H3,(H2,20,21). The second kappa shape index (κ2) is 8.68. The van der Waals surface area contributed by atoms with Crippen LogP contribution < -0.4 is 15.2 Å². The van der Waals surface area contributed by atoms with Crippen LogP contribution >= 0.6 is 0 Å². The molecule has 25 heavy (non-hydrogen) atoms. The summed E-state index contributed by atoms with van der Waals surface area (Å²) in [5.74, 6) is 0.0788. The highest BCUT2D eigenvalue weighted by Gasteiger charge is 2.16. The molecule has 0 saturated heterocycles. The van der Waals surface area contributed by atoms with Gasteiger partial charge in [-0.25, -0.2) is 4.39 Å². The lowest BCUT2D eigenvalue weighted by atomic mass is 10.0. The van der Waals surface area contributed by atoms with Crippen LogP contribution in [0.4, 0.5) is 4.39 Å². The number of para-hydroxylation sites is 1. The van der Waals surface area contributed by atoms with Crippen LogP contribution in [0.25, 0.3) is 0 Å². The molecule has 2 rings (SSSR count). The maximum Gasteiger partial charge on any atom is 0.197 e. The van der Waals surface area contributed by atoms with Crippen LogP contribution in [-0.2, 0) is 11.4 Å². The Morgan fingerprint density at radius 2 is 1.88 bits per heavy atom. The zero-order valence-corrected chi connectivity index (χ0v) is 14.3. The predicted molar refractivity (Wildman–Crippen MR) is 94.8 cm³/mol. The quantitative estimate of drug-likeness (QED) is 0.475. The molecule has 0 aliphatic carbocycles. The summed E-state index contributed by atoms with van der Waals surface area (Å²) in [5, 5.41) is 3.94. The van der Waals surface area contributed by atoms with Crippen molar-refractivity contribution in [2.24, 2.45) is 15.9 Å². The molecule has 0 radical (unpaired) electrons. The number of hydrogen-bond acceptors (Lipinski definition) is 5. The van der Waals surface area contributed by atoms with Crippen LogP contribution in [0.1, 0.15) is 11.1 Å². The highest BCUT2D eigenvalue weighted by Crippen LogP contribution is 2.30. The molecule has 0 aromatic heterocycles. The first-order valence-corrected chi connectivity index (χ1v) is 7.49. The number of aliphatic imine (C=N–C) groups is 1. The van der Waals surface area contributed by atoms with Gasteiger partial charge >= 0.3 is 0 Å². The molecule has 2 N–H and O–H groups in total. The van der Waals surface area contributed by atoms with E-state index in [2.05, 4.69) is 10.1 Å². The summed E-state index contributed by atoms with van der Waals surface area (Å²) in [7, 11) is 4.44. The number of hydrogen-bond donors (Lipinski definition) is 1. The third-order valence-electron chi connectivity index (χ3n) is 3.46. The highest BCUT2D eigenvalue weighted by atomic mass is 19.1. The summed E-state index contributed by atoms with van der Waals surface area (Å²) in [4.78, 5) is 8.81. The predicted octanol–water partition coefficient (Wildman–Crippen LogP) is 2.75. The number of methoxy groups -OCH3 is 1. The summed E-state index contributed by atoms with van der Waals surface area (Å²) in [6.45, 7) is 0.0905. The molecule has 0 amide bonds. The number of nitrogens with zero attached hydrogens (tertiary/aromatic N) is 2. The molecule has 132 valence electrons. The van der Waals surface area contributed by atoms with Gasteiger partial charge in [-0.1, -0.05) is 35.5 Å². The van der Waals surface area contributed by atoms with Crippen LogP contribution in [0.3, 0.4) is 0 Å². The molecule has 0 saturated carbocycles. The van der Waals surface area contributed by atoms with Gasteiger partial charge in [0.25, 0.3) is 0 Å².